The lowest BCUT2D eigenvalue weighted by Crippen LogP contribution is -2.37. The zero-order valence-corrected chi connectivity index (χ0v) is 16.5. The third kappa shape index (κ3) is 6.75. The molecule has 2 aromatic rings. The molecule has 150 valence electrons. The van der Waals surface area contributed by atoms with Gasteiger partial charge in [0, 0.05) is 30.8 Å². The van der Waals surface area contributed by atoms with Crippen LogP contribution in [0.3, 0.4) is 0 Å². The minimum atomic E-state index is -0.345. The van der Waals surface area contributed by atoms with E-state index in [-0.39, 0.29) is 24.0 Å². The standard InChI is InChI=1S/C22H24FNO3.ClH/c23-21-5-2-1-4-18(21)8-11-22(25)19-6-9-20(10-7-19)27-15-3-12-24-13-16-26-17-14-24;/h1-2,4-11H,3,12-17H2;1H/b11-8+;. The van der Waals surface area contributed by atoms with Crippen molar-refractivity contribution in [3.8, 4) is 5.75 Å². The van der Waals surface area contributed by atoms with Crippen LogP contribution in [0.5, 0.6) is 5.75 Å². The van der Waals surface area contributed by atoms with E-state index in [0.717, 1.165) is 45.0 Å². The molecule has 1 saturated heterocycles. The molecule has 0 bridgehead atoms. The summed E-state index contributed by atoms with van der Waals surface area (Å²) in [6, 6.07) is 13.4. The smallest absolute Gasteiger partial charge is 0.185 e. The highest BCUT2D eigenvalue weighted by atomic mass is 35.5. The topological polar surface area (TPSA) is 38.8 Å². The molecule has 1 aliphatic rings. The van der Waals surface area contributed by atoms with Crippen molar-refractivity contribution in [3.05, 3.63) is 71.6 Å². The van der Waals surface area contributed by atoms with Gasteiger partial charge in [-0.05, 0) is 48.9 Å². The van der Waals surface area contributed by atoms with Crippen molar-refractivity contribution in [1.82, 2.24) is 4.90 Å². The zero-order chi connectivity index (χ0) is 18.9. The molecule has 3 rings (SSSR count). The number of halogens is 2. The summed E-state index contributed by atoms with van der Waals surface area (Å²) >= 11 is 0. The van der Waals surface area contributed by atoms with Crippen LogP contribution in [0.2, 0.25) is 0 Å². The maximum Gasteiger partial charge on any atom is 0.185 e. The second-order valence-corrected chi connectivity index (χ2v) is 6.40. The Hall–Kier alpha value is -2.21. The van der Waals surface area contributed by atoms with Gasteiger partial charge in [-0.15, -0.1) is 12.4 Å². The highest BCUT2D eigenvalue weighted by Crippen LogP contribution is 2.15. The number of carbonyl (C=O) groups excluding carboxylic acids is 1. The van der Waals surface area contributed by atoms with Gasteiger partial charge in [0.2, 0.25) is 0 Å². The first-order chi connectivity index (χ1) is 13.2. The largest absolute Gasteiger partial charge is 0.494 e. The number of ether oxygens (including phenoxy) is 2. The molecule has 1 heterocycles. The number of hydrogen-bond donors (Lipinski definition) is 0. The van der Waals surface area contributed by atoms with E-state index < -0.39 is 0 Å². The van der Waals surface area contributed by atoms with Crippen LogP contribution in [0.25, 0.3) is 6.08 Å². The SMILES string of the molecule is Cl.O=C(/C=C/c1ccccc1F)c1ccc(OCCCN2CCOCC2)cc1. The zero-order valence-electron chi connectivity index (χ0n) is 15.7. The Bertz CT molecular complexity index is 774. The van der Waals surface area contributed by atoms with Crippen LogP contribution in [0, 0.1) is 5.82 Å². The van der Waals surface area contributed by atoms with Crippen molar-refractivity contribution < 1.29 is 18.7 Å². The molecule has 2 aromatic carbocycles. The maximum atomic E-state index is 13.6. The highest BCUT2D eigenvalue weighted by Gasteiger charge is 2.09. The van der Waals surface area contributed by atoms with E-state index in [0.29, 0.717) is 17.7 Å². The summed E-state index contributed by atoms with van der Waals surface area (Å²) in [5.74, 6) is 0.228. The Labute approximate surface area is 171 Å². The summed E-state index contributed by atoms with van der Waals surface area (Å²) in [5.41, 5.74) is 0.939. The van der Waals surface area contributed by atoms with Crippen LogP contribution in [0.15, 0.2) is 54.6 Å². The number of nitrogens with zero attached hydrogens (tertiary/aromatic N) is 1. The minimum absolute atomic E-state index is 0. The summed E-state index contributed by atoms with van der Waals surface area (Å²) in [6.45, 7) is 5.22. The maximum absolute atomic E-state index is 13.6. The first-order valence-corrected chi connectivity index (χ1v) is 9.22. The second kappa shape index (κ2) is 11.6. The lowest BCUT2D eigenvalue weighted by molar-refractivity contribution is 0.0358. The lowest BCUT2D eigenvalue weighted by Gasteiger charge is -2.26. The molecule has 0 aromatic heterocycles. The molecular formula is C22H25ClFNO3. The molecule has 0 N–H and O–H groups in total. The molecular weight excluding hydrogens is 381 g/mol. The Balaban J connectivity index is 0.00000280. The summed E-state index contributed by atoms with van der Waals surface area (Å²) in [6.07, 6.45) is 3.83. The fourth-order valence-corrected chi connectivity index (χ4v) is 2.89. The molecule has 0 amide bonds. The van der Waals surface area contributed by atoms with Gasteiger partial charge in [0.25, 0.3) is 0 Å². The van der Waals surface area contributed by atoms with Gasteiger partial charge < -0.3 is 9.47 Å². The third-order valence-corrected chi connectivity index (χ3v) is 4.45. The van der Waals surface area contributed by atoms with Crippen LogP contribution in [0.4, 0.5) is 4.39 Å². The monoisotopic (exact) mass is 405 g/mol. The first kappa shape index (κ1) is 22.1. The quantitative estimate of drug-likeness (QED) is 0.374. The molecule has 1 aliphatic heterocycles. The molecule has 0 unspecified atom stereocenters. The van der Waals surface area contributed by atoms with Gasteiger partial charge in [-0.3, -0.25) is 9.69 Å². The molecule has 1 fully saturated rings. The Morgan fingerprint density at radius 1 is 1.11 bits per heavy atom. The van der Waals surface area contributed by atoms with Crippen molar-refractivity contribution in [3.63, 3.8) is 0 Å². The van der Waals surface area contributed by atoms with E-state index >= 15 is 0 Å². The van der Waals surface area contributed by atoms with Crippen molar-refractivity contribution >= 4 is 24.3 Å². The first-order valence-electron chi connectivity index (χ1n) is 9.22. The number of benzene rings is 2. The van der Waals surface area contributed by atoms with Gasteiger partial charge in [0.15, 0.2) is 5.78 Å². The number of hydrogen-bond acceptors (Lipinski definition) is 4. The Morgan fingerprint density at radius 3 is 2.54 bits per heavy atom. The van der Waals surface area contributed by atoms with Crippen molar-refractivity contribution in [2.75, 3.05) is 39.5 Å². The predicted octanol–water partition coefficient (Wildman–Crippen LogP) is 4.24. The summed E-state index contributed by atoms with van der Waals surface area (Å²) in [4.78, 5) is 14.6. The molecule has 4 nitrogen and oxygen atoms in total. The van der Waals surface area contributed by atoms with E-state index in [1.807, 2.05) is 0 Å². The van der Waals surface area contributed by atoms with Crippen LogP contribution < -0.4 is 4.74 Å². The van der Waals surface area contributed by atoms with Gasteiger partial charge in [0.1, 0.15) is 11.6 Å². The lowest BCUT2D eigenvalue weighted by atomic mass is 10.1. The van der Waals surface area contributed by atoms with Crippen molar-refractivity contribution in [2.45, 2.75) is 6.42 Å². The van der Waals surface area contributed by atoms with E-state index in [4.69, 9.17) is 9.47 Å². The van der Waals surface area contributed by atoms with E-state index in [9.17, 15) is 9.18 Å². The average Bonchev–Trinajstić information content (AvgIpc) is 2.72. The minimum Gasteiger partial charge on any atom is -0.494 e. The van der Waals surface area contributed by atoms with Gasteiger partial charge in [-0.2, -0.15) is 0 Å². The third-order valence-electron chi connectivity index (χ3n) is 4.45. The van der Waals surface area contributed by atoms with Crippen molar-refractivity contribution in [1.29, 1.82) is 0 Å². The number of ketones is 1. The van der Waals surface area contributed by atoms with Crippen molar-refractivity contribution in [2.24, 2.45) is 0 Å². The predicted molar refractivity (Wildman–Crippen MR) is 111 cm³/mol. The Kier molecular flexibility index (Phi) is 9.14. The van der Waals surface area contributed by atoms with E-state index in [2.05, 4.69) is 4.90 Å². The van der Waals surface area contributed by atoms with E-state index in [1.165, 1.54) is 18.2 Å². The fourth-order valence-electron chi connectivity index (χ4n) is 2.89. The Morgan fingerprint density at radius 2 is 1.82 bits per heavy atom. The molecule has 0 atom stereocenters. The summed E-state index contributed by atoms with van der Waals surface area (Å²) in [5, 5.41) is 0. The summed E-state index contributed by atoms with van der Waals surface area (Å²) < 4.78 is 24.6. The average molecular weight is 406 g/mol. The van der Waals surface area contributed by atoms with Gasteiger partial charge >= 0.3 is 0 Å². The molecule has 0 radical (unpaired) electrons. The molecule has 28 heavy (non-hydrogen) atoms. The van der Waals surface area contributed by atoms with Crippen LogP contribution in [0.1, 0.15) is 22.3 Å². The normalized spacial score (nSPS) is 14.6. The van der Waals surface area contributed by atoms with Gasteiger partial charge in [-0.25, -0.2) is 4.39 Å². The van der Waals surface area contributed by atoms with Crippen LogP contribution >= 0.6 is 12.4 Å². The van der Waals surface area contributed by atoms with Crippen LogP contribution in [-0.2, 0) is 4.74 Å². The molecule has 0 spiro atoms. The molecule has 0 aliphatic carbocycles. The molecule has 0 saturated carbocycles. The number of rotatable bonds is 8. The fraction of sp³-hybridized carbons (Fsp3) is 0.318. The van der Waals surface area contributed by atoms with Gasteiger partial charge in [-0.1, -0.05) is 18.2 Å². The number of allylic oxidation sites excluding steroid dienone is 1. The number of morpholine rings is 1. The second-order valence-electron chi connectivity index (χ2n) is 6.40. The molecule has 6 heteroatoms. The number of carbonyl (C=O) groups is 1. The van der Waals surface area contributed by atoms with Crippen LogP contribution in [-0.4, -0.2) is 50.1 Å². The highest BCUT2D eigenvalue weighted by molar-refractivity contribution is 6.06. The van der Waals surface area contributed by atoms with Gasteiger partial charge in [0.05, 0.1) is 19.8 Å². The van der Waals surface area contributed by atoms with E-state index in [1.54, 1.807) is 42.5 Å². The summed E-state index contributed by atoms with van der Waals surface area (Å²) in [7, 11) is 0.